The van der Waals surface area contributed by atoms with Gasteiger partial charge in [-0.25, -0.2) is 4.39 Å². The van der Waals surface area contributed by atoms with Crippen molar-refractivity contribution in [2.45, 2.75) is 13.3 Å². The molecule has 0 aliphatic heterocycles. The molecule has 0 saturated carbocycles. The highest BCUT2D eigenvalue weighted by Crippen LogP contribution is 2.25. The summed E-state index contributed by atoms with van der Waals surface area (Å²) in [4.78, 5) is 15.5. The summed E-state index contributed by atoms with van der Waals surface area (Å²) in [5.74, 6) is 0.346. The molecule has 0 saturated heterocycles. The van der Waals surface area contributed by atoms with Gasteiger partial charge in [0.1, 0.15) is 23.0 Å². The second kappa shape index (κ2) is 5.93. The maximum absolute atomic E-state index is 13.4. The average Bonchev–Trinajstić information content (AvgIpc) is 2.42. The average molecular weight is 324 g/mol. The minimum Gasteiger partial charge on any atom is -0.457 e. The van der Waals surface area contributed by atoms with Gasteiger partial charge in [-0.3, -0.25) is 9.78 Å². The maximum atomic E-state index is 13.4. The van der Waals surface area contributed by atoms with Crippen LogP contribution in [-0.4, -0.2) is 10.8 Å². The number of halogens is 2. The summed E-state index contributed by atoms with van der Waals surface area (Å²) in [7, 11) is 0. The third kappa shape index (κ3) is 3.38. The van der Waals surface area contributed by atoms with Gasteiger partial charge in [0.15, 0.2) is 5.78 Å². The Morgan fingerprint density at radius 3 is 2.74 bits per heavy atom. The number of hydrogen-bond donors (Lipinski definition) is 0. The maximum Gasteiger partial charge on any atom is 0.181 e. The highest BCUT2D eigenvalue weighted by atomic mass is 79.9. The summed E-state index contributed by atoms with van der Waals surface area (Å²) >= 11 is 3.07. The minimum atomic E-state index is -0.406. The lowest BCUT2D eigenvalue weighted by molar-refractivity contribution is 0.0983. The molecular formula is C14H11BrFNO2. The number of rotatable bonds is 4. The molecule has 1 aromatic carbocycles. The molecule has 1 aromatic heterocycles. The number of nitrogens with zero attached hydrogens (tertiary/aromatic N) is 1. The molecule has 3 nitrogen and oxygen atoms in total. The molecule has 0 amide bonds. The van der Waals surface area contributed by atoms with Crippen LogP contribution in [-0.2, 0) is 0 Å². The van der Waals surface area contributed by atoms with E-state index >= 15 is 0 Å². The lowest BCUT2D eigenvalue weighted by Crippen LogP contribution is -2.00. The molecule has 0 spiro atoms. The van der Waals surface area contributed by atoms with Crippen molar-refractivity contribution in [1.29, 1.82) is 0 Å². The van der Waals surface area contributed by atoms with Crippen LogP contribution in [0, 0.1) is 5.82 Å². The zero-order valence-electron chi connectivity index (χ0n) is 10.2. The Hall–Kier alpha value is -1.75. The van der Waals surface area contributed by atoms with E-state index in [9.17, 15) is 9.18 Å². The van der Waals surface area contributed by atoms with E-state index in [4.69, 9.17) is 4.74 Å². The fourth-order valence-electron chi connectivity index (χ4n) is 1.48. The largest absolute Gasteiger partial charge is 0.457 e. The molecule has 0 radical (unpaired) electrons. The molecule has 0 aliphatic carbocycles. The summed E-state index contributed by atoms with van der Waals surface area (Å²) in [6, 6.07) is 7.63. The number of ether oxygens (including phenoxy) is 1. The molecule has 98 valence electrons. The standard InChI is InChI=1S/C14H11BrFNO2/c1-2-14(18)13-8-10(5-6-17-13)19-9-3-4-11(15)12(16)7-9/h3-8H,2H2,1H3. The van der Waals surface area contributed by atoms with Crippen LogP contribution in [0.3, 0.4) is 0 Å². The van der Waals surface area contributed by atoms with E-state index in [0.717, 1.165) is 0 Å². The van der Waals surface area contributed by atoms with Gasteiger partial charge in [-0.15, -0.1) is 0 Å². The quantitative estimate of drug-likeness (QED) is 0.784. The summed E-state index contributed by atoms with van der Waals surface area (Å²) in [5, 5.41) is 0. The van der Waals surface area contributed by atoms with Gasteiger partial charge in [-0.2, -0.15) is 0 Å². The van der Waals surface area contributed by atoms with Crippen molar-refractivity contribution in [2.24, 2.45) is 0 Å². The van der Waals surface area contributed by atoms with Crippen LogP contribution in [0.15, 0.2) is 41.0 Å². The van der Waals surface area contributed by atoms with Crippen molar-refractivity contribution < 1.29 is 13.9 Å². The van der Waals surface area contributed by atoms with Crippen LogP contribution in [0.1, 0.15) is 23.8 Å². The monoisotopic (exact) mass is 323 g/mol. The van der Waals surface area contributed by atoms with E-state index in [1.54, 1.807) is 31.2 Å². The normalized spacial score (nSPS) is 10.3. The predicted octanol–water partition coefficient (Wildman–Crippen LogP) is 4.37. The van der Waals surface area contributed by atoms with Crippen LogP contribution in [0.5, 0.6) is 11.5 Å². The van der Waals surface area contributed by atoms with Gasteiger partial charge >= 0.3 is 0 Å². The number of hydrogen-bond acceptors (Lipinski definition) is 3. The molecule has 0 bridgehead atoms. The highest BCUT2D eigenvalue weighted by molar-refractivity contribution is 9.10. The molecule has 0 aliphatic rings. The van der Waals surface area contributed by atoms with Gasteiger partial charge in [0.05, 0.1) is 4.47 Å². The number of pyridine rings is 1. The first-order valence-electron chi connectivity index (χ1n) is 5.72. The summed E-state index contributed by atoms with van der Waals surface area (Å²) in [6.07, 6.45) is 1.87. The Morgan fingerprint density at radius 2 is 2.05 bits per heavy atom. The van der Waals surface area contributed by atoms with Crippen LogP contribution in [0.4, 0.5) is 4.39 Å². The van der Waals surface area contributed by atoms with Crippen molar-refractivity contribution >= 4 is 21.7 Å². The third-order valence-corrected chi connectivity index (χ3v) is 3.11. The third-order valence-electron chi connectivity index (χ3n) is 2.46. The number of benzene rings is 1. The molecule has 5 heteroatoms. The second-order valence-corrected chi connectivity index (χ2v) is 4.69. The fraction of sp³-hybridized carbons (Fsp3) is 0.143. The second-order valence-electron chi connectivity index (χ2n) is 3.83. The zero-order valence-corrected chi connectivity index (χ0v) is 11.8. The number of Topliss-reactive ketones (excluding diaryl/α,β-unsaturated/α-hetero) is 1. The molecule has 1 heterocycles. The molecule has 0 unspecified atom stereocenters. The topological polar surface area (TPSA) is 39.2 Å². The Kier molecular flexibility index (Phi) is 4.27. The van der Waals surface area contributed by atoms with E-state index in [1.165, 1.54) is 12.3 Å². The molecule has 0 atom stereocenters. The lowest BCUT2D eigenvalue weighted by atomic mass is 10.2. The Bertz CT molecular complexity index is 616. The summed E-state index contributed by atoms with van der Waals surface area (Å²) in [6.45, 7) is 1.77. The van der Waals surface area contributed by atoms with Crippen molar-refractivity contribution in [3.8, 4) is 11.5 Å². The number of ketones is 1. The number of carbonyl (C=O) groups excluding carboxylic acids is 1. The van der Waals surface area contributed by atoms with Gasteiger partial charge in [-0.1, -0.05) is 6.92 Å². The highest BCUT2D eigenvalue weighted by Gasteiger charge is 2.07. The van der Waals surface area contributed by atoms with Gasteiger partial charge in [0.2, 0.25) is 0 Å². The summed E-state index contributed by atoms with van der Waals surface area (Å²) < 4.78 is 19.2. The Labute approximate surface area is 118 Å². The molecule has 2 rings (SSSR count). The lowest BCUT2D eigenvalue weighted by Gasteiger charge is -2.07. The van der Waals surface area contributed by atoms with Crippen molar-refractivity contribution in [3.63, 3.8) is 0 Å². The first kappa shape index (κ1) is 13.7. The van der Waals surface area contributed by atoms with Gasteiger partial charge in [-0.05, 0) is 34.1 Å². The molecular weight excluding hydrogens is 313 g/mol. The van der Waals surface area contributed by atoms with Crippen LogP contribution in [0.2, 0.25) is 0 Å². The van der Waals surface area contributed by atoms with Crippen LogP contribution in [0.25, 0.3) is 0 Å². The van der Waals surface area contributed by atoms with E-state index in [1.807, 2.05) is 0 Å². The smallest absolute Gasteiger partial charge is 0.181 e. The van der Waals surface area contributed by atoms with E-state index < -0.39 is 5.82 Å². The Balaban J connectivity index is 2.23. The van der Waals surface area contributed by atoms with Crippen molar-refractivity contribution in [3.05, 3.63) is 52.5 Å². The van der Waals surface area contributed by atoms with Crippen LogP contribution >= 0.6 is 15.9 Å². The van der Waals surface area contributed by atoms with Gasteiger partial charge in [0.25, 0.3) is 0 Å². The van der Waals surface area contributed by atoms with Crippen molar-refractivity contribution in [1.82, 2.24) is 4.98 Å². The first-order valence-corrected chi connectivity index (χ1v) is 6.51. The van der Waals surface area contributed by atoms with Crippen molar-refractivity contribution in [2.75, 3.05) is 0 Å². The number of aromatic nitrogens is 1. The minimum absolute atomic E-state index is 0.0626. The van der Waals surface area contributed by atoms with Gasteiger partial charge < -0.3 is 4.74 Å². The Morgan fingerprint density at radius 1 is 1.32 bits per heavy atom. The molecule has 0 N–H and O–H groups in total. The fourth-order valence-corrected chi connectivity index (χ4v) is 1.73. The van der Waals surface area contributed by atoms with E-state index in [-0.39, 0.29) is 5.78 Å². The zero-order chi connectivity index (χ0) is 13.8. The van der Waals surface area contributed by atoms with E-state index in [0.29, 0.717) is 28.1 Å². The van der Waals surface area contributed by atoms with Crippen LogP contribution < -0.4 is 4.74 Å². The molecule has 2 aromatic rings. The summed E-state index contributed by atoms with van der Waals surface area (Å²) in [5.41, 5.74) is 0.345. The number of carbonyl (C=O) groups is 1. The SMILES string of the molecule is CCC(=O)c1cc(Oc2ccc(Br)c(F)c2)ccn1. The molecule has 0 fully saturated rings. The first-order chi connectivity index (χ1) is 9.10. The van der Waals surface area contributed by atoms with E-state index in [2.05, 4.69) is 20.9 Å². The predicted molar refractivity (Wildman–Crippen MR) is 73.0 cm³/mol. The molecule has 19 heavy (non-hydrogen) atoms. The van der Waals surface area contributed by atoms with Gasteiger partial charge in [0, 0.05) is 24.8 Å².